The van der Waals surface area contributed by atoms with E-state index in [1.807, 2.05) is 0 Å². The molecule has 1 unspecified atom stereocenters. The Hall–Kier alpha value is -1.22. The van der Waals surface area contributed by atoms with Crippen LogP contribution in [0.4, 0.5) is 26.3 Å². The summed E-state index contributed by atoms with van der Waals surface area (Å²) in [5.74, 6) is -4.19. The Balaban J connectivity index is 3.24. The van der Waals surface area contributed by atoms with Crippen LogP contribution in [0.3, 0.4) is 0 Å². The lowest BCUT2D eigenvalue weighted by Gasteiger charge is -2.19. The summed E-state index contributed by atoms with van der Waals surface area (Å²) in [5.41, 5.74) is -0.375. The van der Waals surface area contributed by atoms with E-state index in [2.05, 4.69) is 27.5 Å². The number of hydrogen-bond donors (Lipinski definition) is 0. The summed E-state index contributed by atoms with van der Waals surface area (Å²) in [7, 11) is 0. The summed E-state index contributed by atoms with van der Waals surface area (Å²) < 4.78 is 79.0. The number of alkyl halides is 3. The van der Waals surface area contributed by atoms with Crippen LogP contribution in [0, 0.1) is 17.5 Å². The van der Waals surface area contributed by atoms with Gasteiger partial charge in [-0.3, -0.25) is 0 Å². The number of thioether (sulfide) groups is 1. The van der Waals surface area contributed by atoms with Crippen molar-refractivity contribution in [3.8, 4) is 0 Å². The maximum Gasteiger partial charge on any atom is 0.389 e. The molecule has 1 aromatic carbocycles. The molecule has 0 saturated heterocycles. The van der Waals surface area contributed by atoms with Gasteiger partial charge in [-0.05, 0) is 46.6 Å². The van der Waals surface area contributed by atoms with E-state index in [9.17, 15) is 26.3 Å². The molecule has 0 aliphatic rings. The van der Waals surface area contributed by atoms with Crippen LogP contribution in [0.2, 0.25) is 0 Å². The fourth-order valence-corrected chi connectivity index (χ4v) is 3.20. The molecular weight excluding hydrogens is 432 g/mol. The van der Waals surface area contributed by atoms with Gasteiger partial charge in [-0.15, -0.1) is 11.8 Å². The van der Waals surface area contributed by atoms with Gasteiger partial charge in [0.1, 0.15) is 10.4 Å². The topological polar surface area (TPSA) is 12.4 Å². The molecule has 0 N–H and O–H groups in total. The van der Waals surface area contributed by atoms with Gasteiger partial charge in [-0.1, -0.05) is 6.58 Å². The summed E-state index contributed by atoms with van der Waals surface area (Å²) in [6, 6.07) is 1.36. The van der Waals surface area contributed by atoms with Crippen LogP contribution in [0.5, 0.6) is 0 Å². The molecule has 1 rings (SSSR count). The van der Waals surface area contributed by atoms with Crippen LogP contribution in [0.1, 0.15) is 24.2 Å². The second-order valence-electron chi connectivity index (χ2n) is 4.90. The Labute approximate surface area is 154 Å². The van der Waals surface area contributed by atoms with Gasteiger partial charge in [0, 0.05) is 17.5 Å². The second-order valence-corrected chi connectivity index (χ2v) is 6.93. The van der Waals surface area contributed by atoms with E-state index in [-0.39, 0.29) is 5.57 Å². The van der Waals surface area contributed by atoms with Crippen molar-refractivity contribution in [1.82, 2.24) is 0 Å². The van der Waals surface area contributed by atoms with Crippen LogP contribution < -0.4 is 0 Å². The summed E-state index contributed by atoms with van der Waals surface area (Å²) in [6.45, 7) is 4.90. The molecule has 0 saturated carbocycles. The van der Waals surface area contributed by atoms with E-state index in [0.29, 0.717) is 22.4 Å². The minimum atomic E-state index is -4.40. The van der Waals surface area contributed by atoms with Crippen LogP contribution in [0.15, 0.2) is 41.6 Å². The van der Waals surface area contributed by atoms with E-state index in [1.165, 1.54) is 19.2 Å². The molecule has 0 amide bonds. The van der Waals surface area contributed by atoms with Gasteiger partial charge in [0.2, 0.25) is 0 Å². The van der Waals surface area contributed by atoms with Gasteiger partial charge in [0.15, 0.2) is 11.6 Å². The average molecular weight is 446 g/mol. The highest BCUT2D eigenvalue weighted by Gasteiger charge is 2.29. The summed E-state index contributed by atoms with van der Waals surface area (Å²) in [6.07, 6.45) is -2.95. The fourth-order valence-electron chi connectivity index (χ4n) is 1.80. The van der Waals surface area contributed by atoms with Crippen molar-refractivity contribution in [3.63, 3.8) is 0 Å². The molecule has 0 aliphatic carbocycles. The third-order valence-corrected chi connectivity index (χ3v) is 4.89. The van der Waals surface area contributed by atoms with E-state index >= 15 is 0 Å². The fraction of sp³-hybridized carbons (Fsp3) is 0.312. The van der Waals surface area contributed by atoms with Gasteiger partial charge in [-0.2, -0.15) is 13.2 Å². The zero-order chi connectivity index (χ0) is 19.2. The quantitative estimate of drug-likeness (QED) is 0.258. The predicted molar refractivity (Wildman–Crippen MR) is 92.5 cm³/mol. The van der Waals surface area contributed by atoms with Crippen molar-refractivity contribution >= 4 is 32.3 Å². The van der Waals surface area contributed by atoms with E-state index in [4.69, 9.17) is 0 Å². The number of benzene rings is 1. The van der Waals surface area contributed by atoms with Crippen molar-refractivity contribution in [2.24, 2.45) is 4.99 Å². The Bertz CT molecular complexity index is 684. The number of aliphatic imine (C=N–C) groups is 1. The minimum Gasteiger partial charge on any atom is -0.249 e. The minimum absolute atomic E-state index is 0.259. The first kappa shape index (κ1) is 21.8. The molecule has 0 heterocycles. The highest BCUT2D eigenvalue weighted by Crippen LogP contribution is 2.40. The molecule has 0 radical (unpaired) electrons. The zero-order valence-electron chi connectivity index (χ0n) is 13.0. The first-order valence-electron chi connectivity index (χ1n) is 6.91. The van der Waals surface area contributed by atoms with E-state index in [1.54, 1.807) is 0 Å². The van der Waals surface area contributed by atoms with Gasteiger partial charge >= 0.3 is 6.18 Å². The van der Waals surface area contributed by atoms with Crippen molar-refractivity contribution < 1.29 is 26.3 Å². The van der Waals surface area contributed by atoms with Crippen LogP contribution >= 0.6 is 27.7 Å². The van der Waals surface area contributed by atoms with Crippen molar-refractivity contribution in [1.29, 1.82) is 0 Å². The van der Waals surface area contributed by atoms with Crippen molar-refractivity contribution in [3.05, 3.63) is 59.6 Å². The van der Waals surface area contributed by atoms with E-state index < -0.39 is 46.6 Å². The standard InChI is InChI=1S/C16H14BrF6NS/c1-3-12(17)24-8-9(2)15(25-7-6-16(21,22)23)13-10(18)4-5-11(19)14(13)20/h3-5,8,15H,1,6-7H2,2H3/b9-8+,24-12+. The summed E-state index contributed by atoms with van der Waals surface area (Å²) in [5, 5.41) is -1.16. The first-order chi connectivity index (χ1) is 11.6. The maximum atomic E-state index is 14.1. The number of rotatable bonds is 7. The Morgan fingerprint density at radius 3 is 2.44 bits per heavy atom. The highest BCUT2D eigenvalue weighted by molar-refractivity contribution is 9.18. The number of allylic oxidation sites excluding steroid dienone is 1. The smallest absolute Gasteiger partial charge is 0.249 e. The first-order valence-corrected chi connectivity index (χ1v) is 8.75. The maximum absolute atomic E-state index is 14.1. The van der Waals surface area contributed by atoms with Crippen molar-refractivity contribution in [2.45, 2.75) is 24.8 Å². The molecular formula is C16H14BrF6NS. The third-order valence-electron chi connectivity index (χ3n) is 2.99. The summed E-state index contributed by atoms with van der Waals surface area (Å²) >= 11 is 3.71. The SMILES string of the molecule is C=C/C(Br)=N\C=C(/C)C(SCCC(F)(F)F)c1c(F)ccc(F)c1F. The number of halogens is 7. The molecule has 1 nitrogen and oxygen atoms in total. The molecule has 0 bridgehead atoms. The number of nitrogens with zero attached hydrogens (tertiary/aromatic N) is 1. The predicted octanol–water partition coefficient (Wildman–Crippen LogP) is 6.71. The van der Waals surface area contributed by atoms with Gasteiger partial charge < -0.3 is 0 Å². The Kier molecular flexibility index (Phi) is 8.27. The third kappa shape index (κ3) is 6.89. The van der Waals surface area contributed by atoms with Crippen LogP contribution in [0.25, 0.3) is 0 Å². The lowest BCUT2D eigenvalue weighted by Crippen LogP contribution is -2.11. The molecule has 1 atom stereocenters. The average Bonchev–Trinajstić information content (AvgIpc) is 2.53. The summed E-state index contributed by atoms with van der Waals surface area (Å²) in [4.78, 5) is 3.91. The van der Waals surface area contributed by atoms with Gasteiger partial charge in [0.05, 0.1) is 11.7 Å². The molecule has 9 heteroatoms. The lowest BCUT2D eigenvalue weighted by atomic mass is 10.0. The normalized spacial score (nSPS) is 14.6. The zero-order valence-corrected chi connectivity index (χ0v) is 15.4. The van der Waals surface area contributed by atoms with Crippen LogP contribution in [-0.4, -0.2) is 16.6 Å². The molecule has 0 aliphatic heterocycles. The van der Waals surface area contributed by atoms with Gasteiger partial charge in [0.25, 0.3) is 0 Å². The van der Waals surface area contributed by atoms with Crippen LogP contribution in [-0.2, 0) is 0 Å². The highest BCUT2D eigenvalue weighted by atomic mass is 79.9. The monoisotopic (exact) mass is 445 g/mol. The Morgan fingerprint density at radius 1 is 1.28 bits per heavy atom. The molecule has 0 spiro atoms. The molecule has 1 aromatic rings. The second kappa shape index (κ2) is 9.47. The Morgan fingerprint density at radius 2 is 1.88 bits per heavy atom. The van der Waals surface area contributed by atoms with Gasteiger partial charge in [-0.25, -0.2) is 18.2 Å². The molecule has 138 valence electrons. The lowest BCUT2D eigenvalue weighted by molar-refractivity contribution is -0.129. The molecule has 0 aromatic heterocycles. The number of hydrogen-bond acceptors (Lipinski definition) is 2. The largest absolute Gasteiger partial charge is 0.389 e. The molecule has 25 heavy (non-hydrogen) atoms. The van der Waals surface area contributed by atoms with Crippen molar-refractivity contribution in [2.75, 3.05) is 5.75 Å². The van der Waals surface area contributed by atoms with E-state index in [0.717, 1.165) is 6.07 Å². The molecule has 0 fully saturated rings.